The highest BCUT2D eigenvalue weighted by Gasteiger charge is 2.28. The molecule has 0 rings (SSSR count). The minimum atomic E-state index is -4.22. The first-order chi connectivity index (χ1) is 6.37. The van der Waals surface area contributed by atoms with Crippen molar-refractivity contribution in [2.75, 3.05) is 26.8 Å². The fourth-order valence-corrected chi connectivity index (χ4v) is 1.08. The number of alkyl halides is 3. The normalized spacial score (nSPS) is 14.8. The molecule has 1 unspecified atom stereocenters. The molecular weight excluding hydrogens is 195 g/mol. The molecule has 0 saturated carbocycles. The molecule has 0 amide bonds. The average Bonchev–Trinajstić information content (AvgIpc) is 2.00. The summed E-state index contributed by atoms with van der Waals surface area (Å²) < 4.78 is 39.9. The molecule has 5 heteroatoms. The van der Waals surface area contributed by atoms with Crippen LogP contribution < -0.4 is 5.32 Å². The van der Waals surface area contributed by atoms with Crippen LogP contribution in [0.25, 0.3) is 0 Å². The van der Waals surface area contributed by atoms with Crippen molar-refractivity contribution in [2.24, 2.45) is 11.8 Å². The van der Waals surface area contributed by atoms with Crippen LogP contribution in [-0.2, 0) is 4.74 Å². The van der Waals surface area contributed by atoms with Gasteiger partial charge >= 0.3 is 6.18 Å². The maximum atomic E-state index is 11.8. The monoisotopic (exact) mass is 213 g/mol. The minimum absolute atomic E-state index is 0.127. The molecule has 0 aromatic heterocycles. The lowest BCUT2D eigenvalue weighted by atomic mass is 9.97. The molecule has 0 fully saturated rings. The zero-order chi connectivity index (χ0) is 11.2. The Morgan fingerprint density at radius 3 is 2.21 bits per heavy atom. The van der Waals surface area contributed by atoms with E-state index in [1.807, 2.05) is 13.8 Å². The van der Waals surface area contributed by atoms with Gasteiger partial charge in [0.25, 0.3) is 0 Å². The molecule has 14 heavy (non-hydrogen) atoms. The number of rotatable bonds is 6. The number of nitrogens with one attached hydrogen (secondary N) is 1. The maximum Gasteiger partial charge on any atom is 0.411 e. The van der Waals surface area contributed by atoms with E-state index in [9.17, 15) is 13.2 Å². The van der Waals surface area contributed by atoms with Crippen molar-refractivity contribution in [1.82, 2.24) is 5.32 Å². The van der Waals surface area contributed by atoms with E-state index in [4.69, 9.17) is 0 Å². The van der Waals surface area contributed by atoms with Crippen molar-refractivity contribution < 1.29 is 17.9 Å². The second kappa shape index (κ2) is 6.24. The van der Waals surface area contributed by atoms with Crippen LogP contribution >= 0.6 is 0 Å². The first kappa shape index (κ1) is 13.7. The third-order valence-corrected chi connectivity index (χ3v) is 2.01. The van der Waals surface area contributed by atoms with E-state index in [-0.39, 0.29) is 12.5 Å². The maximum absolute atomic E-state index is 11.8. The lowest BCUT2D eigenvalue weighted by Crippen LogP contribution is -2.29. The van der Waals surface area contributed by atoms with E-state index in [0.29, 0.717) is 12.5 Å². The van der Waals surface area contributed by atoms with E-state index >= 15 is 0 Å². The van der Waals surface area contributed by atoms with E-state index in [2.05, 4.69) is 10.1 Å². The third kappa shape index (κ3) is 7.15. The van der Waals surface area contributed by atoms with Crippen molar-refractivity contribution in [3.8, 4) is 0 Å². The summed E-state index contributed by atoms with van der Waals surface area (Å²) in [5, 5.41) is 2.94. The predicted octanol–water partition coefficient (Wildman–Crippen LogP) is 2.06. The van der Waals surface area contributed by atoms with Crippen LogP contribution in [-0.4, -0.2) is 33.0 Å². The van der Waals surface area contributed by atoms with Crippen LogP contribution in [0.15, 0.2) is 0 Å². The summed E-state index contributed by atoms with van der Waals surface area (Å²) in [6.07, 6.45) is -4.22. The van der Waals surface area contributed by atoms with Gasteiger partial charge < -0.3 is 10.1 Å². The Morgan fingerprint density at radius 2 is 1.86 bits per heavy atom. The quantitative estimate of drug-likeness (QED) is 0.729. The predicted molar refractivity (Wildman–Crippen MR) is 49.1 cm³/mol. The average molecular weight is 213 g/mol. The molecule has 1 N–H and O–H groups in total. The summed E-state index contributed by atoms with van der Waals surface area (Å²) in [4.78, 5) is 0. The van der Waals surface area contributed by atoms with Gasteiger partial charge in [-0.3, -0.25) is 0 Å². The van der Waals surface area contributed by atoms with Gasteiger partial charge in [0.1, 0.15) is 6.61 Å². The summed E-state index contributed by atoms with van der Waals surface area (Å²) in [5.41, 5.74) is 0. The van der Waals surface area contributed by atoms with E-state index in [1.54, 1.807) is 7.05 Å². The Balaban J connectivity index is 3.72. The summed E-state index contributed by atoms with van der Waals surface area (Å²) >= 11 is 0. The van der Waals surface area contributed by atoms with Crippen LogP contribution in [0.5, 0.6) is 0 Å². The molecule has 0 aromatic carbocycles. The first-order valence-electron chi connectivity index (χ1n) is 4.66. The topological polar surface area (TPSA) is 21.3 Å². The molecule has 0 aliphatic heterocycles. The second-order valence-corrected chi connectivity index (χ2v) is 3.69. The fourth-order valence-electron chi connectivity index (χ4n) is 1.08. The molecule has 0 aliphatic rings. The lowest BCUT2D eigenvalue weighted by molar-refractivity contribution is -0.177. The number of halogens is 3. The largest absolute Gasteiger partial charge is 0.411 e. The molecule has 86 valence electrons. The molecule has 0 radical (unpaired) electrons. The van der Waals surface area contributed by atoms with Gasteiger partial charge in [-0.15, -0.1) is 0 Å². The second-order valence-electron chi connectivity index (χ2n) is 3.69. The van der Waals surface area contributed by atoms with Crippen LogP contribution in [0.4, 0.5) is 13.2 Å². The van der Waals surface area contributed by atoms with E-state index < -0.39 is 12.8 Å². The van der Waals surface area contributed by atoms with Gasteiger partial charge in [0.2, 0.25) is 0 Å². The molecule has 2 nitrogen and oxygen atoms in total. The van der Waals surface area contributed by atoms with Crippen molar-refractivity contribution in [3.05, 3.63) is 0 Å². The van der Waals surface area contributed by atoms with Crippen LogP contribution in [0.3, 0.4) is 0 Å². The molecule has 1 atom stereocenters. The van der Waals surface area contributed by atoms with Crippen LogP contribution in [0.2, 0.25) is 0 Å². The Labute approximate surface area is 82.8 Å². The summed E-state index contributed by atoms with van der Waals surface area (Å²) in [5.74, 6) is 0.443. The van der Waals surface area contributed by atoms with Crippen molar-refractivity contribution in [2.45, 2.75) is 20.0 Å². The van der Waals surface area contributed by atoms with Crippen molar-refractivity contribution >= 4 is 0 Å². The Hall–Kier alpha value is -0.290. The molecule has 0 bridgehead atoms. The Bertz CT molecular complexity index is 147. The molecule has 0 spiro atoms. The van der Waals surface area contributed by atoms with Gasteiger partial charge in [-0.1, -0.05) is 13.8 Å². The van der Waals surface area contributed by atoms with Gasteiger partial charge in [-0.2, -0.15) is 13.2 Å². The Kier molecular flexibility index (Phi) is 6.11. The zero-order valence-corrected chi connectivity index (χ0v) is 8.82. The van der Waals surface area contributed by atoms with Gasteiger partial charge in [-0.25, -0.2) is 0 Å². The van der Waals surface area contributed by atoms with Gasteiger partial charge in [0.05, 0.1) is 6.61 Å². The smallest absolute Gasteiger partial charge is 0.372 e. The van der Waals surface area contributed by atoms with E-state index in [1.165, 1.54) is 0 Å². The molecule has 0 heterocycles. The van der Waals surface area contributed by atoms with E-state index in [0.717, 1.165) is 0 Å². The highest BCUT2D eigenvalue weighted by molar-refractivity contribution is 4.64. The Morgan fingerprint density at radius 1 is 1.29 bits per heavy atom. The number of ether oxygens (including phenoxy) is 1. The zero-order valence-electron chi connectivity index (χ0n) is 8.82. The summed E-state index contributed by atoms with van der Waals surface area (Å²) in [6, 6.07) is 0. The van der Waals surface area contributed by atoms with Crippen molar-refractivity contribution in [3.63, 3.8) is 0 Å². The first-order valence-corrected chi connectivity index (χ1v) is 4.66. The molecule has 0 aromatic rings. The van der Waals surface area contributed by atoms with Crippen molar-refractivity contribution in [1.29, 1.82) is 0 Å². The number of hydrogen-bond donors (Lipinski definition) is 1. The van der Waals surface area contributed by atoms with Crippen LogP contribution in [0.1, 0.15) is 13.8 Å². The summed E-state index contributed by atoms with van der Waals surface area (Å²) in [6.45, 7) is 3.62. The lowest BCUT2D eigenvalue weighted by Gasteiger charge is -2.20. The van der Waals surface area contributed by atoms with Gasteiger partial charge in [0, 0.05) is 6.54 Å². The SMILES string of the molecule is CNCC(COCC(F)(F)F)C(C)C. The highest BCUT2D eigenvalue weighted by atomic mass is 19.4. The highest BCUT2D eigenvalue weighted by Crippen LogP contribution is 2.16. The molecule has 0 aliphatic carbocycles. The van der Waals surface area contributed by atoms with Gasteiger partial charge in [0.15, 0.2) is 0 Å². The molecular formula is C9H18F3NO. The summed E-state index contributed by atoms with van der Waals surface area (Å²) in [7, 11) is 1.78. The standard InChI is InChI=1S/C9H18F3NO/c1-7(2)8(4-13-3)5-14-6-9(10,11)12/h7-8,13H,4-6H2,1-3H3. The number of hydrogen-bond acceptors (Lipinski definition) is 2. The van der Waals surface area contributed by atoms with Crippen LogP contribution in [0, 0.1) is 11.8 Å². The minimum Gasteiger partial charge on any atom is -0.372 e. The third-order valence-electron chi connectivity index (χ3n) is 2.01. The fraction of sp³-hybridized carbons (Fsp3) is 1.00. The van der Waals surface area contributed by atoms with Gasteiger partial charge in [-0.05, 0) is 18.9 Å². The molecule has 0 saturated heterocycles.